The number of Topliss-reactive ketones (excluding diaryl/α,β-unsaturated/α-hetero) is 2. The Hall–Kier alpha value is -2.75. The molecule has 0 amide bonds. The van der Waals surface area contributed by atoms with Crippen molar-refractivity contribution >= 4 is 17.5 Å². The second kappa shape index (κ2) is 8.96. The lowest BCUT2D eigenvalue weighted by atomic mass is 9.87. The molecule has 0 spiro atoms. The molecule has 0 atom stereocenters. The summed E-state index contributed by atoms with van der Waals surface area (Å²) in [6, 6.07) is 11.3. The number of ether oxygens (including phenoxy) is 1. The van der Waals surface area contributed by atoms with Crippen LogP contribution >= 0.6 is 0 Å². The zero-order valence-electron chi connectivity index (χ0n) is 16.5. The topological polar surface area (TPSA) is 60.4 Å². The molecule has 0 saturated carbocycles. The minimum Gasteiger partial charge on any atom is -0.462 e. The zero-order chi connectivity index (χ0) is 20.1. The van der Waals surface area contributed by atoms with E-state index in [4.69, 9.17) is 4.74 Å². The first-order chi connectivity index (χ1) is 13.5. The molecule has 0 bridgehead atoms. The van der Waals surface area contributed by atoms with Crippen LogP contribution < -0.4 is 0 Å². The molecule has 4 rings (SSSR count). The first-order valence-corrected chi connectivity index (χ1v) is 9.96. The van der Waals surface area contributed by atoms with Crippen molar-refractivity contribution in [3.8, 4) is 0 Å². The van der Waals surface area contributed by atoms with E-state index in [2.05, 4.69) is 13.0 Å². The van der Waals surface area contributed by atoms with Gasteiger partial charge in [-0.2, -0.15) is 0 Å². The average Bonchev–Trinajstić information content (AvgIpc) is 2.70. The third-order valence-corrected chi connectivity index (χ3v) is 5.34. The van der Waals surface area contributed by atoms with Gasteiger partial charge in [0.15, 0.2) is 11.6 Å². The SMILES string of the molecule is CCOC(=O)c1cccc2c1CCCC2=O.Cc1cccc2c1CCCC2=O. The van der Waals surface area contributed by atoms with Crippen LogP contribution in [0.25, 0.3) is 0 Å². The predicted octanol–water partition coefficient (Wildman–Crippen LogP) is 4.90. The van der Waals surface area contributed by atoms with Crippen LogP contribution in [0.5, 0.6) is 0 Å². The molecule has 2 aliphatic carbocycles. The van der Waals surface area contributed by atoms with Gasteiger partial charge in [0.1, 0.15) is 0 Å². The van der Waals surface area contributed by atoms with E-state index >= 15 is 0 Å². The minimum absolute atomic E-state index is 0.132. The smallest absolute Gasteiger partial charge is 0.338 e. The molecule has 2 aromatic rings. The summed E-state index contributed by atoms with van der Waals surface area (Å²) >= 11 is 0. The minimum atomic E-state index is -0.325. The van der Waals surface area contributed by atoms with Gasteiger partial charge in [-0.15, -0.1) is 0 Å². The van der Waals surface area contributed by atoms with Gasteiger partial charge in [0, 0.05) is 24.0 Å². The van der Waals surface area contributed by atoms with Gasteiger partial charge in [0.05, 0.1) is 12.2 Å². The summed E-state index contributed by atoms with van der Waals surface area (Å²) in [5.41, 5.74) is 5.59. The van der Waals surface area contributed by atoms with E-state index in [9.17, 15) is 14.4 Å². The van der Waals surface area contributed by atoms with E-state index in [-0.39, 0.29) is 11.8 Å². The summed E-state index contributed by atoms with van der Waals surface area (Å²) in [5.74, 6) is 0.126. The Bertz CT molecular complexity index is 911. The van der Waals surface area contributed by atoms with Crippen molar-refractivity contribution in [2.75, 3.05) is 6.61 Å². The molecule has 4 nitrogen and oxygen atoms in total. The van der Waals surface area contributed by atoms with Gasteiger partial charge >= 0.3 is 5.97 Å². The highest BCUT2D eigenvalue weighted by atomic mass is 16.5. The number of esters is 1. The van der Waals surface area contributed by atoms with Crippen LogP contribution in [0.3, 0.4) is 0 Å². The molecule has 28 heavy (non-hydrogen) atoms. The van der Waals surface area contributed by atoms with Crippen molar-refractivity contribution < 1.29 is 19.1 Å². The molecule has 2 aliphatic rings. The van der Waals surface area contributed by atoms with Gasteiger partial charge in [0.25, 0.3) is 0 Å². The highest BCUT2D eigenvalue weighted by Crippen LogP contribution is 2.25. The summed E-state index contributed by atoms with van der Waals surface area (Å²) in [4.78, 5) is 34.8. The average molecular weight is 378 g/mol. The summed E-state index contributed by atoms with van der Waals surface area (Å²) in [5, 5.41) is 0. The Morgan fingerprint density at radius 3 is 2.04 bits per heavy atom. The van der Waals surface area contributed by atoms with Crippen LogP contribution in [-0.4, -0.2) is 24.1 Å². The zero-order valence-corrected chi connectivity index (χ0v) is 16.5. The number of benzene rings is 2. The molecular weight excluding hydrogens is 352 g/mol. The number of rotatable bonds is 2. The van der Waals surface area contributed by atoms with Crippen molar-refractivity contribution in [1.82, 2.24) is 0 Å². The van der Waals surface area contributed by atoms with Crippen molar-refractivity contribution in [3.05, 3.63) is 69.8 Å². The summed E-state index contributed by atoms with van der Waals surface area (Å²) in [6.07, 6.45) is 5.03. The number of ketones is 2. The Morgan fingerprint density at radius 1 is 0.857 bits per heavy atom. The second-order valence-electron chi connectivity index (χ2n) is 7.21. The van der Waals surface area contributed by atoms with Crippen LogP contribution in [-0.2, 0) is 17.6 Å². The van der Waals surface area contributed by atoms with Gasteiger partial charge in [-0.1, -0.05) is 30.3 Å². The lowest BCUT2D eigenvalue weighted by molar-refractivity contribution is 0.0524. The summed E-state index contributed by atoms with van der Waals surface area (Å²) in [7, 11) is 0. The van der Waals surface area contributed by atoms with E-state index in [1.165, 1.54) is 11.1 Å². The maximum absolute atomic E-state index is 11.7. The fourth-order valence-corrected chi connectivity index (χ4v) is 3.93. The number of hydrogen-bond donors (Lipinski definition) is 0. The normalized spacial score (nSPS) is 15.1. The molecular formula is C24H26O4. The predicted molar refractivity (Wildman–Crippen MR) is 108 cm³/mol. The number of fused-ring (bicyclic) bond motifs is 2. The largest absolute Gasteiger partial charge is 0.462 e. The maximum Gasteiger partial charge on any atom is 0.338 e. The highest BCUT2D eigenvalue weighted by Gasteiger charge is 2.22. The van der Waals surface area contributed by atoms with Crippen molar-refractivity contribution in [1.29, 1.82) is 0 Å². The summed E-state index contributed by atoms with van der Waals surface area (Å²) in [6.45, 7) is 4.21. The highest BCUT2D eigenvalue weighted by molar-refractivity contribution is 6.02. The molecule has 0 radical (unpaired) electrons. The number of carbonyl (C=O) groups is 3. The van der Waals surface area contributed by atoms with Gasteiger partial charge < -0.3 is 4.74 Å². The molecule has 4 heteroatoms. The van der Waals surface area contributed by atoms with Gasteiger partial charge in [-0.3, -0.25) is 9.59 Å². The fraction of sp³-hybridized carbons (Fsp3) is 0.375. The number of carbonyl (C=O) groups excluding carboxylic acids is 3. The van der Waals surface area contributed by atoms with Gasteiger partial charge in [-0.05, 0) is 62.3 Å². The Kier molecular flexibility index (Phi) is 6.40. The van der Waals surface area contributed by atoms with Crippen molar-refractivity contribution in [2.24, 2.45) is 0 Å². The number of aryl methyl sites for hydroxylation is 1. The van der Waals surface area contributed by atoms with Crippen LogP contribution in [0.15, 0.2) is 36.4 Å². The quantitative estimate of drug-likeness (QED) is 0.698. The third-order valence-electron chi connectivity index (χ3n) is 5.34. The van der Waals surface area contributed by atoms with Crippen LogP contribution in [0.2, 0.25) is 0 Å². The van der Waals surface area contributed by atoms with Crippen LogP contribution in [0.4, 0.5) is 0 Å². The van der Waals surface area contributed by atoms with Crippen molar-refractivity contribution in [2.45, 2.75) is 52.4 Å². The van der Waals surface area contributed by atoms with Crippen LogP contribution in [0.1, 0.15) is 80.4 Å². The lowest BCUT2D eigenvalue weighted by Gasteiger charge is -2.17. The monoisotopic (exact) mass is 378 g/mol. The molecule has 0 unspecified atom stereocenters. The molecule has 0 aromatic heterocycles. The fourth-order valence-electron chi connectivity index (χ4n) is 3.93. The molecule has 0 N–H and O–H groups in total. The van der Waals surface area contributed by atoms with Gasteiger partial charge in [-0.25, -0.2) is 4.79 Å². The van der Waals surface area contributed by atoms with E-state index in [1.807, 2.05) is 12.1 Å². The Morgan fingerprint density at radius 2 is 1.43 bits per heavy atom. The second-order valence-corrected chi connectivity index (χ2v) is 7.21. The molecule has 146 valence electrons. The number of hydrogen-bond acceptors (Lipinski definition) is 4. The van der Waals surface area contributed by atoms with E-state index in [1.54, 1.807) is 25.1 Å². The van der Waals surface area contributed by atoms with E-state index < -0.39 is 0 Å². The maximum atomic E-state index is 11.7. The van der Waals surface area contributed by atoms with Gasteiger partial charge in [0.2, 0.25) is 0 Å². The molecule has 0 fully saturated rings. The molecule has 0 saturated heterocycles. The first kappa shape index (κ1) is 20.0. The Balaban J connectivity index is 0.000000167. The lowest BCUT2D eigenvalue weighted by Crippen LogP contribution is -2.16. The van der Waals surface area contributed by atoms with E-state index in [0.29, 0.717) is 29.9 Å². The standard InChI is InChI=1S/C13H14O3.C11H12O/c1-2-16-13(15)11-7-3-6-10-9(11)5-4-8-12(10)14;1-8-4-2-6-10-9(8)5-3-7-11(10)12/h3,6-7H,2,4-5,8H2,1H3;2,4,6H,3,5,7H2,1H3. The molecule has 0 heterocycles. The Labute approximate surface area is 165 Å². The molecule has 2 aromatic carbocycles. The summed E-state index contributed by atoms with van der Waals surface area (Å²) < 4.78 is 4.98. The van der Waals surface area contributed by atoms with Crippen LogP contribution in [0, 0.1) is 6.92 Å². The van der Waals surface area contributed by atoms with E-state index in [0.717, 1.165) is 43.2 Å². The first-order valence-electron chi connectivity index (χ1n) is 9.96. The molecule has 0 aliphatic heterocycles. The van der Waals surface area contributed by atoms with Crippen molar-refractivity contribution in [3.63, 3.8) is 0 Å². The third kappa shape index (κ3) is 4.22.